The van der Waals surface area contributed by atoms with Crippen molar-refractivity contribution in [1.82, 2.24) is 14.8 Å². The maximum absolute atomic E-state index is 12.8. The summed E-state index contributed by atoms with van der Waals surface area (Å²) in [6.45, 7) is 2.44. The molecule has 1 saturated heterocycles. The highest BCUT2D eigenvalue weighted by molar-refractivity contribution is 6.08. The van der Waals surface area contributed by atoms with Crippen LogP contribution in [0.15, 0.2) is 30.3 Å². The standard InChI is InChI=1S/C25H27N5O5/c1-16-17(2)30(18-9-5-3-6-10-18)22(19(16)13-26)27-20(31)15-35-21(32)14-29-23(33)25(28-24(29)34)11-7-4-8-12-25/h3,5-6,9-10H,4,7-8,11-12,14-15H2,1-2H3,(H,27,31)(H,28,34). The van der Waals surface area contributed by atoms with Gasteiger partial charge in [0.25, 0.3) is 11.8 Å². The van der Waals surface area contributed by atoms with Gasteiger partial charge in [0.15, 0.2) is 6.61 Å². The number of carbonyl (C=O) groups is 4. The molecular weight excluding hydrogens is 450 g/mol. The number of hydrogen-bond acceptors (Lipinski definition) is 6. The van der Waals surface area contributed by atoms with Crippen LogP contribution in [0.3, 0.4) is 0 Å². The monoisotopic (exact) mass is 477 g/mol. The van der Waals surface area contributed by atoms with Gasteiger partial charge in [0, 0.05) is 11.4 Å². The molecule has 1 saturated carbocycles. The van der Waals surface area contributed by atoms with E-state index >= 15 is 0 Å². The number of imide groups is 1. The summed E-state index contributed by atoms with van der Waals surface area (Å²) in [5.41, 5.74) is 1.65. The first-order valence-electron chi connectivity index (χ1n) is 11.5. The number of nitrogens with one attached hydrogen (secondary N) is 2. The van der Waals surface area contributed by atoms with Crippen LogP contribution in [0.4, 0.5) is 10.6 Å². The molecule has 2 heterocycles. The average molecular weight is 478 g/mol. The Kier molecular flexibility index (Phi) is 6.60. The van der Waals surface area contributed by atoms with E-state index in [-0.39, 0.29) is 5.82 Å². The van der Waals surface area contributed by atoms with Gasteiger partial charge in [-0.05, 0) is 44.4 Å². The van der Waals surface area contributed by atoms with E-state index in [0.717, 1.165) is 41.1 Å². The topological polar surface area (TPSA) is 134 Å². The smallest absolute Gasteiger partial charge is 0.326 e. The first-order valence-corrected chi connectivity index (χ1v) is 11.5. The van der Waals surface area contributed by atoms with Crippen LogP contribution in [0.2, 0.25) is 0 Å². The van der Waals surface area contributed by atoms with Gasteiger partial charge in [-0.25, -0.2) is 4.79 Å². The second kappa shape index (κ2) is 9.62. The molecule has 0 bridgehead atoms. The summed E-state index contributed by atoms with van der Waals surface area (Å²) >= 11 is 0. The lowest BCUT2D eigenvalue weighted by molar-refractivity contribution is -0.150. The Morgan fingerprint density at radius 1 is 1.14 bits per heavy atom. The fraction of sp³-hybridized carbons (Fsp3) is 0.400. The maximum Gasteiger partial charge on any atom is 0.326 e. The Morgan fingerprint density at radius 2 is 1.83 bits per heavy atom. The van der Waals surface area contributed by atoms with Gasteiger partial charge in [-0.15, -0.1) is 0 Å². The molecule has 1 aliphatic carbocycles. The van der Waals surface area contributed by atoms with Crippen molar-refractivity contribution in [3.63, 3.8) is 0 Å². The molecule has 4 amide bonds. The minimum atomic E-state index is -0.931. The number of nitriles is 1. The van der Waals surface area contributed by atoms with Crippen LogP contribution in [-0.4, -0.2) is 52.0 Å². The molecule has 2 fully saturated rings. The number of ether oxygens (including phenoxy) is 1. The first-order chi connectivity index (χ1) is 16.8. The number of esters is 1. The SMILES string of the molecule is Cc1c(C#N)c(NC(=O)COC(=O)CN2C(=O)NC3(CCCCC3)C2=O)n(-c2ccccc2)c1C. The highest BCUT2D eigenvalue weighted by atomic mass is 16.5. The van der Waals surface area contributed by atoms with Crippen molar-refractivity contribution in [1.29, 1.82) is 5.26 Å². The molecule has 2 N–H and O–H groups in total. The van der Waals surface area contributed by atoms with Crippen molar-refractivity contribution >= 4 is 29.6 Å². The average Bonchev–Trinajstić information content (AvgIpc) is 3.22. The Morgan fingerprint density at radius 3 is 2.49 bits per heavy atom. The minimum absolute atomic E-state index is 0.281. The zero-order valence-electron chi connectivity index (χ0n) is 19.7. The summed E-state index contributed by atoms with van der Waals surface area (Å²) in [5.74, 6) is -1.66. The van der Waals surface area contributed by atoms with Crippen LogP contribution in [0, 0.1) is 25.2 Å². The molecule has 182 valence electrons. The summed E-state index contributed by atoms with van der Waals surface area (Å²) in [4.78, 5) is 51.0. The van der Waals surface area contributed by atoms with Crippen LogP contribution in [0.5, 0.6) is 0 Å². The van der Waals surface area contributed by atoms with Gasteiger partial charge < -0.3 is 15.4 Å². The quantitative estimate of drug-likeness (QED) is 0.485. The number of aromatic nitrogens is 1. The number of hydrogen-bond donors (Lipinski definition) is 2. The highest BCUT2D eigenvalue weighted by Crippen LogP contribution is 2.33. The van der Waals surface area contributed by atoms with Crippen molar-refractivity contribution < 1.29 is 23.9 Å². The lowest BCUT2D eigenvalue weighted by atomic mass is 9.82. The molecular formula is C25H27N5O5. The fourth-order valence-electron chi connectivity index (χ4n) is 4.76. The summed E-state index contributed by atoms with van der Waals surface area (Å²) < 4.78 is 6.80. The van der Waals surface area contributed by atoms with Gasteiger partial charge in [0.2, 0.25) is 0 Å². The number of benzene rings is 1. The van der Waals surface area contributed by atoms with Crippen LogP contribution in [0.1, 0.15) is 48.9 Å². The predicted octanol–water partition coefficient (Wildman–Crippen LogP) is 2.70. The Bertz CT molecular complexity index is 1220. The van der Waals surface area contributed by atoms with Gasteiger partial charge >= 0.3 is 12.0 Å². The van der Waals surface area contributed by atoms with Crippen LogP contribution < -0.4 is 10.6 Å². The Labute approximate surface area is 202 Å². The van der Waals surface area contributed by atoms with Crippen molar-refractivity contribution in [3.05, 3.63) is 47.2 Å². The van der Waals surface area contributed by atoms with Crippen LogP contribution >= 0.6 is 0 Å². The molecule has 1 aliphatic heterocycles. The fourth-order valence-corrected chi connectivity index (χ4v) is 4.76. The highest BCUT2D eigenvalue weighted by Gasteiger charge is 2.51. The van der Waals surface area contributed by atoms with Gasteiger partial charge in [-0.2, -0.15) is 5.26 Å². The van der Waals surface area contributed by atoms with Crippen molar-refractivity contribution in [3.8, 4) is 11.8 Å². The lowest BCUT2D eigenvalue weighted by Crippen LogP contribution is -2.48. The van der Waals surface area contributed by atoms with Crippen molar-refractivity contribution in [2.45, 2.75) is 51.5 Å². The number of amides is 4. The molecule has 10 nitrogen and oxygen atoms in total. The molecule has 35 heavy (non-hydrogen) atoms. The van der Waals surface area contributed by atoms with E-state index in [1.807, 2.05) is 37.3 Å². The normalized spacial score (nSPS) is 16.7. The molecule has 2 aromatic rings. The number of rotatable bonds is 6. The van der Waals surface area contributed by atoms with E-state index in [4.69, 9.17) is 4.74 Å². The lowest BCUT2D eigenvalue weighted by Gasteiger charge is -2.30. The van der Waals surface area contributed by atoms with E-state index < -0.39 is 42.5 Å². The zero-order chi connectivity index (χ0) is 25.2. The van der Waals surface area contributed by atoms with Crippen LogP contribution in [0.25, 0.3) is 5.69 Å². The number of anilines is 1. The Balaban J connectivity index is 1.41. The summed E-state index contributed by atoms with van der Waals surface area (Å²) in [6.07, 6.45) is 3.76. The molecule has 0 atom stereocenters. The second-order valence-electron chi connectivity index (χ2n) is 8.89. The van der Waals surface area contributed by atoms with E-state index in [1.54, 1.807) is 11.5 Å². The molecule has 2 aliphatic rings. The third-order valence-electron chi connectivity index (χ3n) is 6.70. The van der Waals surface area contributed by atoms with Gasteiger partial charge in [0.05, 0.1) is 5.56 Å². The van der Waals surface area contributed by atoms with Gasteiger partial charge in [0.1, 0.15) is 24.0 Å². The van der Waals surface area contributed by atoms with Crippen molar-refractivity contribution in [2.75, 3.05) is 18.5 Å². The van der Waals surface area contributed by atoms with E-state index in [9.17, 15) is 24.4 Å². The molecule has 0 unspecified atom stereocenters. The van der Waals surface area contributed by atoms with Crippen molar-refractivity contribution in [2.24, 2.45) is 0 Å². The molecule has 1 spiro atoms. The number of para-hydroxylation sites is 1. The summed E-state index contributed by atoms with van der Waals surface area (Å²) in [7, 11) is 0. The molecule has 10 heteroatoms. The molecule has 4 rings (SSSR count). The Hall–Kier alpha value is -4.13. The summed E-state index contributed by atoms with van der Waals surface area (Å²) in [6, 6.07) is 10.7. The third kappa shape index (κ3) is 4.49. The summed E-state index contributed by atoms with van der Waals surface area (Å²) in [5, 5.41) is 15.1. The largest absolute Gasteiger partial charge is 0.454 e. The maximum atomic E-state index is 12.8. The second-order valence-corrected chi connectivity index (χ2v) is 8.89. The molecule has 1 aromatic carbocycles. The molecule has 1 aromatic heterocycles. The number of carbonyl (C=O) groups excluding carboxylic acids is 4. The van der Waals surface area contributed by atoms with E-state index in [0.29, 0.717) is 18.4 Å². The van der Waals surface area contributed by atoms with E-state index in [2.05, 4.69) is 16.7 Å². The van der Waals surface area contributed by atoms with Gasteiger partial charge in [-0.3, -0.25) is 23.9 Å². The van der Waals surface area contributed by atoms with Crippen LogP contribution in [-0.2, 0) is 19.1 Å². The predicted molar refractivity (Wildman–Crippen MR) is 126 cm³/mol. The number of nitrogens with zero attached hydrogens (tertiary/aromatic N) is 3. The van der Waals surface area contributed by atoms with Gasteiger partial charge in [-0.1, -0.05) is 37.5 Å². The minimum Gasteiger partial charge on any atom is -0.454 e. The number of urea groups is 1. The zero-order valence-corrected chi connectivity index (χ0v) is 19.7. The molecule has 0 radical (unpaired) electrons. The van der Waals surface area contributed by atoms with E-state index in [1.165, 1.54) is 0 Å². The first kappa shape index (κ1) is 24.0. The third-order valence-corrected chi connectivity index (χ3v) is 6.70.